The number of anilines is 1. The normalized spacial score (nSPS) is 13.3. The molecule has 0 amide bonds. The summed E-state index contributed by atoms with van der Waals surface area (Å²) in [5.74, 6) is 0. The molecule has 116 valence electrons. The standard InChI is InChI=1S/C19H16BrNO2/c20-15-4-6-16(7-5-15)21-11-14-10-19(22)23-18-9-13-3-1-2-12(13)8-17(14)18/h4-10,21H,1-3,11H2. The van der Waals surface area contributed by atoms with Crippen molar-refractivity contribution in [3.8, 4) is 0 Å². The summed E-state index contributed by atoms with van der Waals surface area (Å²) in [7, 11) is 0. The highest BCUT2D eigenvalue weighted by Gasteiger charge is 2.15. The van der Waals surface area contributed by atoms with Gasteiger partial charge in [0, 0.05) is 28.2 Å². The second-order valence-electron chi connectivity index (χ2n) is 5.92. The van der Waals surface area contributed by atoms with Crippen molar-refractivity contribution in [3.05, 3.63) is 74.0 Å². The van der Waals surface area contributed by atoms with Crippen LogP contribution in [-0.2, 0) is 19.4 Å². The van der Waals surface area contributed by atoms with Crippen LogP contribution in [0.25, 0.3) is 11.0 Å². The lowest BCUT2D eigenvalue weighted by Crippen LogP contribution is -2.06. The molecule has 1 aromatic heterocycles. The summed E-state index contributed by atoms with van der Waals surface area (Å²) in [6.07, 6.45) is 3.38. The quantitative estimate of drug-likeness (QED) is 0.682. The van der Waals surface area contributed by atoms with Crippen molar-refractivity contribution in [3.63, 3.8) is 0 Å². The van der Waals surface area contributed by atoms with E-state index in [1.807, 2.05) is 30.3 Å². The number of hydrogen-bond donors (Lipinski definition) is 1. The highest BCUT2D eigenvalue weighted by molar-refractivity contribution is 9.10. The minimum absolute atomic E-state index is 0.289. The zero-order chi connectivity index (χ0) is 15.8. The molecule has 0 saturated heterocycles. The maximum atomic E-state index is 11.9. The zero-order valence-electron chi connectivity index (χ0n) is 12.6. The average molecular weight is 370 g/mol. The van der Waals surface area contributed by atoms with E-state index in [2.05, 4.69) is 27.3 Å². The summed E-state index contributed by atoms with van der Waals surface area (Å²) in [6.45, 7) is 0.600. The molecule has 4 heteroatoms. The maximum Gasteiger partial charge on any atom is 0.336 e. The summed E-state index contributed by atoms with van der Waals surface area (Å²) in [5.41, 5.74) is 5.12. The Kier molecular flexibility index (Phi) is 3.69. The molecular formula is C19H16BrNO2. The molecule has 0 atom stereocenters. The molecule has 3 nitrogen and oxygen atoms in total. The largest absolute Gasteiger partial charge is 0.423 e. The van der Waals surface area contributed by atoms with Crippen LogP contribution in [0.15, 0.2) is 56.1 Å². The van der Waals surface area contributed by atoms with Gasteiger partial charge in [0.1, 0.15) is 5.58 Å². The first-order valence-electron chi connectivity index (χ1n) is 7.77. The van der Waals surface area contributed by atoms with Gasteiger partial charge in [-0.1, -0.05) is 15.9 Å². The van der Waals surface area contributed by atoms with E-state index in [9.17, 15) is 4.79 Å². The second-order valence-corrected chi connectivity index (χ2v) is 6.84. The van der Waals surface area contributed by atoms with Crippen LogP contribution < -0.4 is 10.9 Å². The monoisotopic (exact) mass is 369 g/mol. The summed E-state index contributed by atoms with van der Waals surface area (Å²) >= 11 is 3.43. The fourth-order valence-corrected chi connectivity index (χ4v) is 3.47. The van der Waals surface area contributed by atoms with E-state index in [0.717, 1.165) is 34.0 Å². The lowest BCUT2D eigenvalue weighted by atomic mass is 10.0. The Balaban J connectivity index is 1.71. The molecule has 1 heterocycles. The highest BCUT2D eigenvalue weighted by atomic mass is 79.9. The van der Waals surface area contributed by atoms with Gasteiger partial charge in [0.05, 0.1) is 0 Å². The fraction of sp³-hybridized carbons (Fsp3) is 0.211. The van der Waals surface area contributed by atoms with Crippen molar-refractivity contribution in [1.29, 1.82) is 0 Å². The number of hydrogen-bond acceptors (Lipinski definition) is 3. The molecule has 3 aromatic rings. The van der Waals surface area contributed by atoms with Gasteiger partial charge in [0.2, 0.25) is 0 Å². The Morgan fingerprint density at radius 2 is 1.78 bits per heavy atom. The van der Waals surface area contributed by atoms with Crippen molar-refractivity contribution in [2.24, 2.45) is 0 Å². The van der Waals surface area contributed by atoms with Crippen molar-refractivity contribution >= 4 is 32.6 Å². The molecule has 0 spiro atoms. The van der Waals surface area contributed by atoms with E-state index in [1.165, 1.54) is 17.5 Å². The van der Waals surface area contributed by atoms with Gasteiger partial charge >= 0.3 is 5.63 Å². The van der Waals surface area contributed by atoms with E-state index in [1.54, 1.807) is 6.07 Å². The number of nitrogens with one attached hydrogen (secondary N) is 1. The Bertz CT molecular complexity index is 928. The molecular weight excluding hydrogens is 354 g/mol. The highest BCUT2D eigenvalue weighted by Crippen LogP contribution is 2.28. The van der Waals surface area contributed by atoms with E-state index >= 15 is 0 Å². The van der Waals surface area contributed by atoms with E-state index in [4.69, 9.17) is 4.42 Å². The van der Waals surface area contributed by atoms with Gasteiger partial charge in [-0.25, -0.2) is 4.79 Å². The van der Waals surface area contributed by atoms with E-state index in [0.29, 0.717) is 12.1 Å². The molecule has 23 heavy (non-hydrogen) atoms. The van der Waals surface area contributed by atoms with Crippen LogP contribution >= 0.6 is 15.9 Å². The summed E-state index contributed by atoms with van der Waals surface area (Å²) < 4.78 is 6.45. The molecule has 1 aliphatic carbocycles. The van der Waals surface area contributed by atoms with Crippen LogP contribution in [-0.4, -0.2) is 0 Å². The Morgan fingerprint density at radius 3 is 2.57 bits per heavy atom. The molecule has 4 rings (SSSR count). The van der Waals surface area contributed by atoms with E-state index in [-0.39, 0.29) is 5.63 Å². The first-order valence-corrected chi connectivity index (χ1v) is 8.56. The van der Waals surface area contributed by atoms with Gasteiger partial charge in [-0.15, -0.1) is 0 Å². The van der Waals surface area contributed by atoms with Gasteiger partial charge in [-0.3, -0.25) is 0 Å². The third-order valence-corrected chi connectivity index (χ3v) is 4.90. The first kappa shape index (κ1) is 14.5. The molecule has 2 aromatic carbocycles. The molecule has 0 fully saturated rings. The van der Waals surface area contributed by atoms with Crippen LogP contribution in [0.5, 0.6) is 0 Å². The van der Waals surface area contributed by atoms with Crippen LogP contribution in [0.3, 0.4) is 0 Å². The fourth-order valence-electron chi connectivity index (χ4n) is 3.21. The summed E-state index contributed by atoms with van der Waals surface area (Å²) in [5, 5.41) is 4.41. The number of rotatable bonds is 3. The minimum Gasteiger partial charge on any atom is -0.423 e. The lowest BCUT2D eigenvalue weighted by molar-refractivity contribution is 0.559. The predicted octanol–water partition coefficient (Wildman–Crippen LogP) is 4.66. The van der Waals surface area contributed by atoms with Crippen LogP contribution in [0.1, 0.15) is 23.1 Å². The third kappa shape index (κ3) is 2.91. The molecule has 1 aliphatic rings. The first-order chi connectivity index (χ1) is 11.2. The van der Waals surface area contributed by atoms with Crippen molar-refractivity contribution in [2.45, 2.75) is 25.8 Å². The Labute approximate surface area is 142 Å². The maximum absolute atomic E-state index is 11.9. The Morgan fingerprint density at radius 1 is 1.04 bits per heavy atom. The van der Waals surface area contributed by atoms with Crippen LogP contribution in [0.4, 0.5) is 5.69 Å². The summed E-state index contributed by atoms with van der Waals surface area (Å²) in [6, 6.07) is 13.8. The smallest absolute Gasteiger partial charge is 0.336 e. The minimum atomic E-state index is -0.289. The summed E-state index contributed by atoms with van der Waals surface area (Å²) in [4.78, 5) is 11.9. The number of aryl methyl sites for hydroxylation is 2. The van der Waals surface area contributed by atoms with Crippen molar-refractivity contribution < 1.29 is 4.42 Å². The molecule has 0 aliphatic heterocycles. The molecule has 0 saturated carbocycles. The topological polar surface area (TPSA) is 42.2 Å². The number of fused-ring (bicyclic) bond motifs is 2. The molecule has 0 unspecified atom stereocenters. The zero-order valence-corrected chi connectivity index (χ0v) is 14.2. The van der Waals surface area contributed by atoms with Gasteiger partial charge in [0.25, 0.3) is 0 Å². The van der Waals surface area contributed by atoms with Gasteiger partial charge in [-0.05, 0) is 72.4 Å². The number of benzene rings is 2. The lowest BCUT2D eigenvalue weighted by Gasteiger charge is -2.10. The van der Waals surface area contributed by atoms with Gasteiger partial charge < -0.3 is 9.73 Å². The molecule has 0 bridgehead atoms. The molecule has 1 N–H and O–H groups in total. The Hall–Kier alpha value is -2.07. The third-order valence-electron chi connectivity index (χ3n) is 4.37. The SMILES string of the molecule is O=c1cc(CNc2ccc(Br)cc2)c2cc3c(cc2o1)CCC3. The number of halogens is 1. The van der Waals surface area contributed by atoms with E-state index < -0.39 is 0 Å². The van der Waals surface area contributed by atoms with Crippen molar-refractivity contribution in [1.82, 2.24) is 0 Å². The average Bonchev–Trinajstić information content (AvgIpc) is 2.99. The molecule has 0 radical (unpaired) electrons. The van der Waals surface area contributed by atoms with Gasteiger partial charge in [0.15, 0.2) is 0 Å². The predicted molar refractivity (Wildman–Crippen MR) is 96.0 cm³/mol. The van der Waals surface area contributed by atoms with Crippen LogP contribution in [0.2, 0.25) is 0 Å². The van der Waals surface area contributed by atoms with Crippen molar-refractivity contribution in [2.75, 3.05) is 5.32 Å². The second kappa shape index (κ2) is 5.85. The van der Waals surface area contributed by atoms with Gasteiger partial charge in [-0.2, -0.15) is 0 Å². The van der Waals surface area contributed by atoms with Crippen LogP contribution in [0, 0.1) is 0 Å².